The van der Waals surface area contributed by atoms with E-state index in [9.17, 15) is 17.5 Å². The highest BCUT2D eigenvalue weighted by Gasteiger charge is 2.43. The average Bonchev–Trinajstić information content (AvgIpc) is 2.30. The standard InChI is InChI=1S/C14H30O5S2Si/c1-14(2,3)22(4,5)19-13-8-6-7-11(9-20(15)16)12(13)10-21(17)18/h11-13H,6-10H2,1-5H3,(H,15,16)(H,17,18)/t11-,12-,13+/m1/s1. The zero-order valence-electron chi connectivity index (χ0n) is 14.2. The first-order valence-corrected chi connectivity index (χ1v) is 13.2. The molecule has 22 heavy (non-hydrogen) atoms. The lowest BCUT2D eigenvalue weighted by atomic mass is 9.79. The lowest BCUT2D eigenvalue weighted by Crippen LogP contribution is -2.49. The van der Waals surface area contributed by atoms with E-state index in [1.807, 2.05) is 0 Å². The second-order valence-corrected chi connectivity index (χ2v) is 14.5. The Morgan fingerprint density at radius 3 is 2.09 bits per heavy atom. The molecule has 0 aromatic heterocycles. The molecule has 1 aliphatic carbocycles. The molecule has 1 fully saturated rings. The molecule has 2 N–H and O–H groups in total. The first kappa shape index (κ1) is 20.4. The molecular formula is C14H30O5S2Si. The SMILES string of the molecule is CC(C)(C)[Si](C)(C)O[C@H]1CCC[C@H](CS(=O)O)[C@H]1CS(=O)O. The molecule has 0 radical (unpaired) electrons. The number of hydrogen-bond acceptors (Lipinski definition) is 3. The maximum atomic E-state index is 11.3. The summed E-state index contributed by atoms with van der Waals surface area (Å²) in [7, 11) is -1.97. The van der Waals surface area contributed by atoms with Gasteiger partial charge >= 0.3 is 0 Å². The minimum Gasteiger partial charge on any atom is -0.414 e. The van der Waals surface area contributed by atoms with Crippen molar-refractivity contribution in [2.24, 2.45) is 11.8 Å². The van der Waals surface area contributed by atoms with Gasteiger partial charge in [-0.15, -0.1) is 0 Å². The van der Waals surface area contributed by atoms with Gasteiger partial charge in [0.2, 0.25) is 0 Å². The zero-order chi connectivity index (χ0) is 17.1. The van der Waals surface area contributed by atoms with Crippen molar-refractivity contribution >= 4 is 30.5 Å². The van der Waals surface area contributed by atoms with Gasteiger partial charge in [-0.05, 0) is 36.9 Å². The molecule has 0 aliphatic heterocycles. The zero-order valence-corrected chi connectivity index (χ0v) is 16.8. The van der Waals surface area contributed by atoms with Crippen LogP contribution in [0.1, 0.15) is 40.0 Å². The summed E-state index contributed by atoms with van der Waals surface area (Å²) < 4.78 is 47.5. The van der Waals surface area contributed by atoms with Gasteiger partial charge in [-0.1, -0.05) is 27.2 Å². The molecule has 0 bridgehead atoms. The summed E-state index contributed by atoms with van der Waals surface area (Å²) in [5.74, 6) is 0.149. The van der Waals surface area contributed by atoms with Gasteiger partial charge in [-0.25, -0.2) is 8.42 Å². The summed E-state index contributed by atoms with van der Waals surface area (Å²) in [5.41, 5.74) is 0. The van der Waals surface area contributed by atoms with Crippen LogP contribution in [0.25, 0.3) is 0 Å². The molecule has 0 amide bonds. The fourth-order valence-corrected chi connectivity index (χ4v) is 5.81. The van der Waals surface area contributed by atoms with Gasteiger partial charge in [-0.3, -0.25) is 0 Å². The van der Waals surface area contributed by atoms with E-state index in [1.54, 1.807) is 0 Å². The summed E-state index contributed by atoms with van der Waals surface area (Å²) in [6.45, 7) is 10.9. The summed E-state index contributed by atoms with van der Waals surface area (Å²) in [6.07, 6.45) is 2.55. The van der Waals surface area contributed by atoms with Gasteiger partial charge in [-0.2, -0.15) is 0 Å². The molecule has 1 rings (SSSR count). The Labute approximate surface area is 140 Å². The predicted octanol–water partition coefficient (Wildman–Crippen LogP) is 3.24. The Hall–Kier alpha value is 0.397. The van der Waals surface area contributed by atoms with Crippen LogP contribution < -0.4 is 0 Å². The van der Waals surface area contributed by atoms with Crippen LogP contribution in [0.3, 0.4) is 0 Å². The first-order valence-electron chi connectivity index (χ1n) is 7.77. The summed E-state index contributed by atoms with van der Waals surface area (Å²) in [4.78, 5) is 0. The van der Waals surface area contributed by atoms with Crippen molar-refractivity contribution < 1.29 is 21.9 Å². The van der Waals surface area contributed by atoms with E-state index in [2.05, 4.69) is 33.9 Å². The van der Waals surface area contributed by atoms with Gasteiger partial charge in [0.15, 0.2) is 30.5 Å². The van der Waals surface area contributed by atoms with Gasteiger partial charge in [0.25, 0.3) is 0 Å². The van der Waals surface area contributed by atoms with Crippen molar-refractivity contribution in [1.29, 1.82) is 0 Å². The van der Waals surface area contributed by atoms with Crippen molar-refractivity contribution in [1.82, 2.24) is 0 Å². The van der Waals surface area contributed by atoms with E-state index in [0.717, 1.165) is 19.3 Å². The minimum absolute atomic E-state index is 0.0227. The third kappa shape index (κ3) is 5.79. The Bertz CT molecular complexity index is 422. The quantitative estimate of drug-likeness (QED) is 0.554. The fourth-order valence-electron chi connectivity index (χ4n) is 2.81. The largest absolute Gasteiger partial charge is 0.414 e. The molecule has 0 aromatic carbocycles. The Morgan fingerprint density at radius 1 is 1.09 bits per heavy atom. The van der Waals surface area contributed by atoms with E-state index in [-0.39, 0.29) is 34.5 Å². The van der Waals surface area contributed by atoms with Crippen LogP contribution in [0.4, 0.5) is 0 Å². The molecule has 132 valence electrons. The van der Waals surface area contributed by atoms with Crippen LogP contribution >= 0.6 is 0 Å². The molecule has 5 nitrogen and oxygen atoms in total. The van der Waals surface area contributed by atoms with Gasteiger partial charge < -0.3 is 13.5 Å². The van der Waals surface area contributed by atoms with Crippen LogP contribution in [0, 0.1) is 11.8 Å². The van der Waals surface area contributed by atoms with Gasteiger partial charge in [0.05, 0.1) is 11.5 Å². The average molecular weight is 371 g/mol. The smallest absolute Gasteiger partial charge is 0.192 e. The molecular weight excluding hydrogens is 340 g/mol. The highest BCUT2D eigenvalue weighted by atomic mass is 32.2. The normalized spacial score (nSPS) is 30.0. The molecule has 0 heterocycles. The molecule has 0 spiro atoms. The maximum absolute atomic E-state index is 11.3. The van der Waals surface area contributed by atoms with E-state index in [0.29, 0.717) is 0 Å². The third-order valence-corrected chi connectivity index (χ3v) is 11.0. The topological polar surface area (TPSA) is 83.8 Å². The van der Waals surface area contributed by atoms with E-state index in [1.165, 1.54) is 0 Å². The van der Waals surface area contributed by atoms with Crippen LogP contribution in [0.15, 0.2) is 0 Å². The number of hydrogen-bond donors (Lipinski definition) is 2. The van der Waals surface area contributed by atoms with Crippen molar-refractivity contribution in [2.45, 2.75) is 64.3 Å². The molecule has 2 unspecified atom stereocenters. The molecule has 1 saturated carbocycles. The highest BCUT2D eigenvalue weighted by Crippen LogP contribution is 2.41. The Balaban J connectivity index is 2.93. The van der Waals surface area contributed by atoms with Gasteiger partial charge in [0, 0.05) is 12.0 Å². The molecule has 0 saturated heterocycles. The van der Waals surface area contributed by atoms with Crippen LogP contribution in [-0.2, 0) is 26.6 Å². The van der Waals surface area contributed by atoms with Crippen molar-refractivity contribution in [3.8, 4) is 0 Å². The predicted molar refractivity (Wildman–Crippen MR) is 94.2 cm³/mol. The fraction of sp³-hybridized carbons (Fsp3) is 1.00. The van der Waals surface area contributed by atoms with Crippen LogP contribution in [0.5, 0.6) is 0 Å². The van der Waals surface area contributed by atoms with E-state index >= 15 is 0 Å². The lowest BCUT2D eigenvalue weighted by Gasteiger charge is -2.45. The van der Waals surface area contributed by atoms with Crippen molar-refractivity contribution in [2.75, 3.05) is 11.5 Å². The third-order valence-electron chi connectivity index (χ3n) is 5.09. The molecule has 5 atom stereocenters. The van der Waals surface area contributed by atoms with Gasteiger partial charge in [0.1, 0.15) is 0 Å². The van der Waals surface area contributed by atoms with E-state index in [4.69, 9.17) is 4.43 Å². The second kappa shape index (κ2) is 7.98. The summed E-state index contributed by atoms with van der Waals surface area (Å²) in [5, 5.41) is 0.0721. The molecule has 8 heteroatoms. The monoisotopic (exact) mass is 370 g/mol. The molecule has 1 aliphatic rings. The lowest BCUT2D eigenvalue weighted by molar-refractivity contribution is 0.0599. The highest BCUT2D eigenvalue weighted by molar-refractivity contribution is 7.79. The summed E-state index contributed by atoms with van der Waals surface area (Å²) >= 11 is -3.79. The van der Waals surface area contributed by atoms with E-state index < -0.39 is 30.5 Å². The summed E-state index contributed by atoms with van der Waals surface area (Å²) in [6, 6.07) is 0. The molecule has 0 aromatic rings. The van der Waals surface area contributed by atoms with Crippen LogP contribution in [0.2, 0.25) is 18.1 Å². The maximum Gasteiger partial charge on any atom is 0.192 e. The van der Waals surface area contributed by atoms with Crippen molar-refractivity contribution in [3.05, 3.63) is 0 Å². The Morgan fingerprint density at radius 2 is 1.64 bits per heavy atom. The minimum atomic E-state index is -1.97. The second-order valence-electron chi connectivity index (χ2n) is 7.75. The number of rotatable bonds is 6. The first-order chi connectivity index (χ1) is 9.94. The Kier molecular flexibility index (Phi) is 7.42. The van der Waals surface area contributed by atoms with Crippen LogP contribution in [-0.4, -0.2) is 43.5 Å². The van der Waals surface area contributed by atoms with Crippen molar-refractivity contribution in [3.63, 3.8) is 0 Å².